The number of hydrogen-bond donors (Lipinski definition) is 1. The number of amides is 1. The van der Waals surface area contributed by atoms with Crippen molar-refractivity contribution in [2.45, 2.75) is 38.8 Å². The van der Waals surface area contributed by atoms with Gasteiger partial charge in [0.1, 0.15) is 5.75 Å². The van der Waals surface area contributed by atoms with Gasteiger partial charge in [0.2, 0.25) is 11.7 Å². The first kappa shape index (κ1) is 20.2. The van der Waals surface area contributed by atoms with Crippen LogP contribution in [0.25, 0.3) is 0 Å². The third-order valence-electron chi connectivity index (χ3n) is 4.40. The van der Waals surface area contributed by atoms with Crippen molar-refractivity contribution < 1.29 is 14.1 Å². The number of nitrogens with one attached hydrogen (secondary N) is 1. The van der Waals surface area contributed by atoms with E-state index in [4.69, 9.17) is 9.26 Å². The summed E-state index contributed by atoms with van der Waals surface area (Å²) in [5.41, 5.74) is 0.678. The SMILES string of the molecule is CCc1nc(COc2ccc(C(=O)N3CCCC(NC)C3)cc2)no1.Cl. The van der Waals surface area contributed by atoms with Crippen molar-refractivity contribution in [3.63, 3.8) is 0 Å². The predicted molar refractivity (Wildman–Crippen MR) is 99.7 cm³/mol. The highest BCUT2D eigenvalue weighted by Gasteiger charge is 2.23. The van der Waals surface area contributed by atoms with Crippen LogP contribution in [0.5, 0.6) is 5.75 Å². The lowest BCUT2D eigenvalue weighted by Crippen LogP contribution is -2.46. The fourth-order valence-corrected chi connectivity index (χ4v) is 2.91. The van der Waals surface area contributed by atoms with Gasteiger partial charge in [-0.05, 0) is 44.2 Å². The molecule has 2 aromatic rings. The molecule has 1 amide bonds. The standard InChI is InChI=1S/C18H24N4O3.ClH/c1-3-17-20-16(21-25-17)12-24-15-8-6-13(7-9-15)18(23)22-10-4-5-14(11-22)19-2;/h6-9,14,19H,3-5,10-12H2,1-2H3;1H. The first-order valence-electron chi connectivity index (χ1n) is 8.70. The molecule has 1 aromatic heterocycles. The molecule has 1 atom stereocenters. The average molecular weight is 381 g/mol. The van der Waals surface area contributed by atoms with E-state index >= 15 is 0 Å². The Labute approximate surface area is 159 Å². The van der Waals surface area contributed by atoms with Crippen LogP contribution in [0.15, 0.2) is 28.8 Å². The predicted octanol–water partition coefficient (Wildman–Crippen LogP) is 2.46. The highest BCUT2D eigenvalue weighted by Crippen LogP contribution is 2.17. The van der Waals surface area contributed by atoms with Gasteiger partial charge >= 0.3 is 0 Å². The Morgan fingerprint density at radius 1 is 1.38 bits per heavy atom. The molecule has 1 saturated heterocycles. The molecule has 0 bridgehead atoms. The number of aryl methyl sites for hydroxylation is 1. The Bertz CT molecular complexity index is 705. The molecule has 8 heteroatoms. The number of piperidine rings is 1. The molecule has 0 radical (unpaired) electrons. The molecule has 26 heavy (non-hydrogen) atoms. The zero-order valence-electron chi connectivity index (χ0n) is 15.1. The minimum absolute atomic E-state index is 0. The van der Waals surface area contributed by atoms with Crippen molar-refractivity contribution in [3.05, 3.63) is 41.5 Å². The summed E-state index contributed by atoms with van der Waals surface area (Å²) in [7, 11) is 1.94. The molecule has 1 N–H and O–H groups in total. The fourth-order valence-electron chi connectivity index (χ4n) is 2.91. The van der Waals surface area contributed by atoms with E-state index in [2.05, 4.69) is 15.5 Å². The Hall–Kier alpha value is -2.12. The van der Waals surface area contributed by atoms with Gasteiger partial charge < -0.3 is 19.5 Å². The van der Waals surface area contributed by atoms with E-state index in [1.165, 1.54) is 0 Å². The number of hydrogen-bond acceptors (Lipinski definition) is 6. The van der Waals surface area contributed by atoms with Crippen molar-refractivity contribution in [3.8, 4) is 5.75 Å². The second-order valence-corrected chi connectivity index (χ2v) is 6.15. The van der Waals surface area contributed by atoms with Crippen LogP contribution < -0.4 is 10.1 Å². The Morgan fingerprint density at radius 2 is 2.15 bits per heavy atom. The molecule has 1 fully saturated rings. The molecule has 1 unspecified atom stereocenters. The van der Waals surface area contributed by atoms with Crippen molar-refractivity contribution in [1.29, 1.82) is 0 Å². The number of carbonyl (C=O) groups excluding carboxylic acids is 1. The quantitative estimate of drug-likeness (QED) is 0.829. The summed E-state index contributed by atoms with van der Waals surface area (Å²) >= 11 is 0. The Morgan fingerprint density at radius 3 is 2.81 bits per heavy atom. The number of likely N-dealkylation sites (tertiary alicyclic amines) is 1. The Kier molecular flexibility index (Phi) is 7.41. The molecular weight excluding hydrogens is 356 g/mol. The number of benzene rings is 1. The number of rotatable bonds is 6. The van der Waals surface area contributed by atoms with E-state index in [9.17, 15) is 4.79 Å². The van der Waals surface area contributed by atoms with Crippen molar-refractivity contribution in [1.82, 2.24) is 20.4 Å². The number of ether oxygens (including phenoxy) is 1. The summed E-state index contributed by atoms with van der Waals surface area (Å²) < 4.78 is 10.7. The van der Waals surface area contributed by atoms with Crippen molar-refractivity contribution in [2.75, 3.05) is 20.1 Å². The molecule has 0 saturated carbocycles. The fraction of sp³-hybridized carbons (Fsp3) is 0.500. The zero-order valence-corrected chi connectivity index (χ0v) is 15.9. The maximum atomic E-state index is 12.6. The van der Waals surface area contributed by atoms with Crippen LogP contribution in [0.3, 0.4) is 0 Å². The van der Waals surface area contributed by atoms with Gasteiger partial charge in [0.15, 0.2) is 6.61 Å². The summed E-state index contributed by atoms with van der Waals surface area (Å²) in [6.45, 7) is 3.76. The van der Waals surface area contributed by atoms with Crippen LogP contribution >= 0.6 is 12.4 Å². The molecule has 1 aromatic carbocycles. The highest BCUT2D eigenvalue weighted by atomic mass is 35.5. The van der Waals surface area contributed by atoms with Gasteiger partial charge in [-0.3, -0.25) is 4.79 Å². The lowest BCUT2D eigenvalue weighted by molar-refractivity contribution is 0.0698. The zero-order chi connectivity index (χ0) is 17.6. The van der Waals surface area contributed by atoms with Crippen LogP contribution in [0.4, 0.5) is 0 Å². The number of carbonyl (C=O) groups is 1. The monoisotopic (exact) mass is 380 g/mol. The van der Waals surface area contributed by atoms with Gasteiger partial charge in [0, 0.05) is 31.1 Å². The maximum Gasteiger partial charge on any atom is 0.253 e. The molecule has 2 heterocycles. The van der Waals surface area contributed by atoms with E-state index < -0.39 is 0 Å². The number of aromatic nitrogens is 2. The smallest absolute Gasteiger partial charge is 0.253 e. The normalized spacial score (nSPS) is 16.8. The largest absolute Gasteiger partial charge is 0.485 e. The molecule has 3 rings (SSSR count). The minimum atomic E-state index is 0. The lowest BCUT2D eigenvalue weighted by Gasteiger charge is -2.32. The minimum Gasteiger partial charge on any atom is -0.485 e. The summed E-state index contributed by atoms with van der Waals surface area (Å²) in [5.74, 6) is 1.85. The molecule has 0 aliphatic carbocycles. The van der Waals surface area contributed by atoms with E-state index in [0.717, 1.165) is 25.9 Å². The first-order chi connectivity index (χ1) is 12.2. The van der Waals surface area contributed by atoms with Gasteiger partial charge in [-0.1, -0.05) is 12.1 Å². The van der Waals surface area contributed by atoms with E-state index in [0.29, 0.717) is 35.5 Å². The Balaban J connectivity index is 0.00000243. The van der Waals surface area contributed by atoms with E-state index in [-0.39, 0.29) is 24.9 Å². The van der Waals surface area contributed by atoms with Crippen LogP contribution in [0, 0.1) is 0 Å². The first-order valence-corrected chi connectivity index (χ1v) is 8.70. The summed E-state index contributed by atoms with van der Waals surface area (Å²) in [4.78, 5) is 18.7. The second-order valence-electron chi connectivity index (χ2n) is 6.15. The molecule has 1 aliphatic rings. The molecule has 0 spiro atoms. The topological polar surface area (TPSA) is 80.5 Å². The van der Waals surface area contributed by atoms with Gasteiger partial charge in [-0.15, -0.1) is 12.4 Å². The third kappa shape index (κ3) is 4.95. The molecule has 142 valence electrons. The summed E-state index contributed by atoms with van der Waals surface area (Å²) in [6, 6.07) is 7.58. The summed E-state index contributed by atoms with van der Waals surface area (Å²) in [5, 5.41) is 7.10. The van der Waals surface area contributed by atoms with Gasteiger partial charge in [0.25, 0.3) is 5.91 Å². The third-order valence-corrected chi connectivity index (χ3v) is 4.40. The molecule has 1 aliphatic heterocycles. The van der Waals surface area contributed by atoms with Crippen molar-refractivity contribution >= 4 is 18.3 Å². The number of likely N-dealkylation sites (N-methyl/N-ethyl adjacent to an activating group) is 1. The lowest BCUT2D eigenvalue weighted by atomic mass is 10.0. The highest BCUT2D eigenvalue weighted by molar-refractivity contribution is 5.94. The summed E-state index contributed by atoms with van der Waals surface area (Å²) in [6.07, 6.45) is 2.85. The van der Waals surface area contributed by atoms with Crippen LogP contribution in [-0.2, 0) is 13.0 Å². The molecule has 7 nitrogen and oxygen atoms in total. The van der Waals surface area contributed by atoms with E-state index in [1.807, 2.05) is 18.9 Å². The second kappa shape index (κ2) is 9.54. The van der Waals surface area contributed by atoms with Gasteiger partial charge in [-0.2, -0.15) is 4.98 Å². The average Bonchev–Trinajstić information content (AvgIpc) is 3.14. The number of halogens is 1. The molecular formula is C18H25ClN4O3. The number of nitrogens with zero attached hydrogens (tertiary/aromatic N) is 3. The van der Waals surface area contributed by atoms with Gasteiger partial charge in [0.05, 0.1) is 0 Å². The van der Waals surface area contributed by atoms with E-state index in [1.54, 1.807) is 24.3 Å². The van der Waals surface area contributed by atoms with Crippen LogP contribution in [0.1, 0.15) is 41.8 Å². The maximum absolute atomic E-state index is 12.6. The van der Waals surface area contributed by atoms with Crippen LogP contribution in [-0.4, -0.2) is 47.1 Å². The van der Waals surface area contributed by atoms with Gasteiger partial charge in [-0.25, -0.2) is 0 Å². The van der Waals surface area contributed by atoms with Crippen LogP contribution in [0.2, 0.25) is 0 Å². The van der Waals surface area contributed by atoms with Crippen molar-refractivity contribution in [2.24, 2.45) is 0 Å².